The molecule has 1 aliphatic heterocycles. The number of nitrogens with one attached hydrogen (secondary N) is 1. The van der Waals surface area contributed by atoms with Crippen LogP contribution in [0.1, 0.15) is 39.5 Å². The number of imide groups is 1. The number of piperidine rings is 1. The normalized spacial score (nSPS) is 22.6. The van der Waals surface area contributed by atoms with Gasteiger partial charge in [-0.25, -0.2) is 4.79 Å². The molecule has 21 heavy (non-hydrogen) atoms. The van der Waals surface area contributed by atoms with Crippen LogP contribution in [0.3, 0.4) is 0 Å². The summed E-state index contributed by atoms with van der Waals surface area (Å²) >= 11 is 0. The summed E-state index contributed by atoms with van der Waals surface area (Å²) in [4.78, 5) is 36.3. The second-order valence-electron chi connectivity index (χ2n) is 5.42. The van der Waals surface area contributed by atoms with Crippen LogP contribution in [0.4, 0.5) is 4.79 Å². The van der Waals surface area contributed by atoms with E-state index in [1.54, 1.807) is 11.8 Å². The van der Waals surface area contributed by atoms with Gasteiger partial charge >= 0.3 is 12.1 Å². The first-order chi connectivity index (χ1) is 9.93. The van der Waals surface area contributed by atoms with Crippen LogP contribution < -0.4 is 5.32 Å². The number of nitrogens with zero attached hydrogens (tertiary/aromatic N) is 1. The van der Waals surface area contributed by atoms with Crippen LogP contribution in [-0.2, 0) is 14.3 Å². The van der Waals surface area contributed by atoms with E-state index in [2.05, 4.69) is 10.1 Å². The predicted octanol–water partition coefficient (Wildman–Crippen LogP) is 1.23. The fourth-order valence-corrected chi connectivity index (χ4v) is 2.85. The monoisotopic (exact) mass is 300 g/mol. The molecule has 0 radical (unpaired) electrons. The number of carbonyl (C=O) groups is 3. The zero-order chi connectivity index (χ0) is 15.9. The molecule has 7 nitrogen and oxygen atoms in total. The lowest BCUT2D eigenvalue weighted by Crippen LogP contribution is -2.51. The van der Waals surface area contributed by atoms with Gasteiger partial charge in [0.25, 0.3) is 0 Å². The summed E-state index contributed by atoms with van der Waals surface area (Å²) in [6, 6.07) is 0. The highest BCUT2D eigenvalue weighted by Crippen LogP contribution is 2.34. The Labute approximate surface area is 124 Å². The van der Waals surface area contributed by atoms with Crippen molar-refractivity contribution in [2.75, 3.05) is 26.2 Å². The van der Waals surface area contributed by atoms with Crippen LogP contribution in [0.15, 0.2) is 0 Å². The highest BCUT2D eigenvalue weighted by atomic mass is 16.5. The van der Waals surface area contributed by atoms with Gasteiger partial charge in [-0.3, -0.25) is 19.8 Å². The maximum Gasteiger partial charge on any atom is 0.413 e. The highest BCUT2D eigenvalue weighted by molar-refractivity contribution is 5.92. The summed E-state index contributed by atoms with van der Waals surface area (Å²) in [6.45, 7) is 4.82. The lowest BCUT2D eigenvalue weighted by atomic mass is 9.76. The van der Waals surface area contributed by atoms with Crippen LogP contribution in [0, 0.1) is 5.41 Å². The van der Waals surface area contributed by atoms with E-state index < -0.39 is 23.4 Å². The summed E-state index contributed by atoms with van der Waals surface area (Å²) in [5.74, 6) is -1.27. The van der Waals surface area contributed by atoms with Crippen LogP contribution >= 0.6 is 0 Å². The van der Waals surface area contributed by atoms with Gasteiger partial charge in [-0.05, 0) is 32.7 Å². The highest BCUT2D eigenvalue weighted by Gasteiger charge is 2.41. The Morgan fingerprint density at radius 3 is 2.62 bits per heavy atom. The van der Waals surface area contributed by atoms with Crippen molar-refractivity contribution in [1.29, 1.82) is 0 Å². The van der Waals surface area contributed by atoms with Gasteiger partial charge in [0, 0.05) is 6.54 Å². The Morgan fingerprint density at radius 1 is 1.33 bits per heavy atom. The summed E-state index contributed by atoms with van der Waals surface area (Å²) in [5, 5.41) is 11.6. The van der Waals surface area contributed by atoms with Gasteiger partial charge in [0.2, 0.25) is 5.91 Å². The molecule has 0 aromatic heterocycles. The second-order valence-corrected chi connectivity index (χ2v) is 5.42. The number of carboxylic acids is 1. The maximum atomic E-state index is 11.7. The van der Waals surface area contributed by atoms with E-state index in [9.17, 15) is 19.5 Å². The first-order valence-electron chi connectivity index (χ1n) is 7.36. The molecule has 0 spiro atoms. The zero-order valence-electron chi connectivity index (χ0n) is 12.7. The molecule has 2 N–H and O–H groups in total. The van der Waals surface area contributed by atoms with Crippen molar-refractivity contribution in [3.05, 3.63) is 0 Å². The lowest BCUT2D eigenvalue weighted by molar-refractivity contribution is -0.154. The molecule has 1 rings (SSSR count). The Kier molecular flexibility index (Phi) is 6.61. The molecule has 0 bridgehead atoms. The lowest BCUT2D eigenvalue weighted by Gasteiger charge is -2.39. The van der Waals surface area contributed by atoms with E-state index in [0.717, 1.165) is 12.8 Å². The largest absolute Gasteiger partial charge is 0.481 e. The number of carbonyl (C=O) groups excluding carboxylic acids is 2. The molecular weight excluding hydrogens is 276 g/mol. The van der Waals surface area contributed by atoms with E-state index in [4.69, 9.17) is 0 Å². The molecule has 1 aliphatic rings. The number of carboxylic acid groups (broad SMARTS) is 1. The number of hydrogen-bond donors (Lipinski definition) is 2. The minimum atomic E-state index is -0.806. The van der Waals surface area contributed by atoms with Crippen molar-refractivity contribution in [3.63, 3.8) is 0 Å². The van der Waals surface area contributed by atoms with E-state index >= 15 is 0 Å². The molecule has 1 unspecified atom stereocenters. The summed E-state index contributed by atoms with van der Waals surface area (Å²) in [7, 11) is 0. The summed E-state index contributed by atoms with van der Waals surface area (Å²) in [5.41, 5.74) is -0.781. The van der Waals surface area contributed by atoms with E-state index in [-0.39, 0.29) is 13.2 Å². The predicted molar refractivity (Wildman–Crippen MR) is 75.8 cm³/mol. The Bertz CT molecular complexity index is 395. The van der Waals surface area contributed by atoms with Crippen molar-refractivity contribution >= 4 is 18.0 Å². The third-order valence-electron chi connectivity index (χ3n) is 3.72. The van der Waals surface area contributed by atoms with E-state index in [0.29, 0.717) is 25.9 Å². The first kappa shape index (κ1) is 17.4. The number of aliphatic carboxylic acids is 1. The molecule has 0 aromatic rings. The van der Waals surface area contributed by atoms with Crippen LogP contribution in [0.25, 0.3) is 0 Å². The number of rotatable bonds is 6. The van der Waals surface area contributed by atoms with Crippen molar-refractivity contribution in [3.8, 4) is 0 Å². The standard InChI is InChI=1S/C14H24N2O5/c1-3-6-14(12(18)19)7-5-8-16(10-14)9-11(17)15-13(20)21-4-2/h3-10H2,1-2H3,(H,18,19)(H,15,17,20). The van der Waals surface area contributed by atoms with Gasteiger partial charge < -0.3 is 9.84 Å². The van der Waals surface area contributed by atoms with Crippen LogP contribution in [-0.4, -0.2) is 54.2 Å². The van der Waals surface area contributed by atoms with E-state index in [1.807, 2.05) is 6.92 Å². The number of hydrogen-bond acceptors (Lipinski definition) is 5. The number of amides is 2. The number of ether oxygens (including phenoxy) is 1. The smallest absolute Gasteiger partial charge is 0.413 e. The van der Waals surface area contributed by atoms with Gasteiger partial charge in [-0.1, -0.05) is 13.3 Å². The molecule has 1 heterocycles. The molecule has 120 valence electrons. The fraction of sp³-hybridized carbons (Fsp3) is 0.786. The fourth-order valence-electron chi connectivity index (χ4n) is 2.85. The summed E-state index contributed by atoms with van der Waals surface area (Å²) < 4.78 is 4.64. The average molecular weight is 300 g/mol. The minimum absolute atomic E-state index is 0.0115. The van der Waals surface area contributed by atoms with Gasteiger partial charge in [0.15, 0.2) is 0 Å². The van der Waals surface area contributed by atoms with Gasteiger partial charge in [0.1, 0.15) is 0 Å². The van der Waals surface area contributed by atoms with Crippen molar-refractivity contribution in [2.45, 2.75) is 39.5 Å². The zero-order valence-corrected chi connectivity index (χ0v) is 12.7. The third kappa shape index (κ3) is 5.00. The van der Waals surface area contributed by atoms with Crippen LogP contribution in [0.2, 0.25) is 0 Å². The van der Waals surface area contributed by atoms with Crippen molar-refractivity contribution < 1.29 is 24.2 Å². The van der Waals surface area contributed by atoms with Gasteiger partial charge in [0.05, 0.1) is 18.6 Å². The third-order valence-corrected chi connectivity index (χ3v) is 3.72. The van der Waals surface area contributed by atoms with Crippen molar-refractivity contribution in [1.82, 2.24) is 10.2 Å². The van der Waals surface area contributed by atoms with Gasteiger partial charge in [-0.15, -0.1) is 0 Å². The molecular formula is C14H24N2O5. The molecule has 0 aliphatic carbocycles. The molecule has 0 aromatic carbocycles. The van der Waals surface area contributed by atoms with Crippen LogP contribution in [0.5, 0.6) is 0 Å². The number of likely N-dealkylation sites (tertiary alicyclic amines) is 1. The summed E-state index contributed by atoms with van der Waals surface area (Å²) in [6.07, 6.45) is 1.98. The van der Waals surface area contributed by atoms with E-state index in [1.165, 1.54) is 0 Å². The molecule has 1 fully saturated rings. The number of alkyl carbamates (subject to hydrolysis) is 1. The second kappa shape index (κ2) is 7.97. The quantitative estimate of drug-likeness (QED) is 0.766. The Balaban J connectivity index is 2.57. The Morgan fingerprint density at radius 2 is 2.05 bits per heavy atom. The Hall–Kier alpha value is -1.63. The van der Waals surface area contributed by atoms with Gasteiger partial charge in [-0.2, -0.15) is 0 Å². The minimum Gasteiger partial charge on any atom is -0.481 e. The SMILES string of the molecule is CCCC1(C(=O)O)CCCN(CC(=O)NC(=O)OCC)C1. The molecule has 1 atom stereocenters. The maximum absolute atomic E-state index is 11.7. The molecule has 2 amide bonds. The van der Waals surface area contributed by atoms with Crippen molar-refractivity contribution in [2.24, 2.45) is 5.41 Å². The average Bonchev–Trinajstić information content (AvgIpc) is 2.39. The topological polar surface area (TPSA) is 95.9 Å². The molecule has 1 saturated heterocycles. The first-order valence-corrected chi connectivity index (χ1v) is 7.36. The molecule has 7 heteroatoms. The molecule has 0 saturated carbocycles.